The molecule has 2 rings (SSSR count). The van der Waals surface area contributed by atoms with Crippen LogP contribution >= 0.6 is 0 Å². The summed E-state index contributed by atoms with van der Waals surface area (Å²) in [5.41, 5.74) is 2.82. The Bertz CT molecular complexity index is 435. The van der Waals surface area contributed by atoms with Crippen molar-refractivity contribution in [3.63, 3.8) is 0 Å². The fourth-order valence-corrected chi connectivity index (χ4v) is 3.41. The first kappa shape index (κ1) is 14.6. The maximum Gasteiger partial charge on any atom is 0.109 e. The molecular weight excluding hydrogens is 236 g/mol. The molecule has 0 spiro atoms. The summed E-state index contributed by atoms with van der Waals surface area (Å²) in [4.78, 5) is 7.22. The lowest BCUT2D eigenvalue weighted by molar-refractivity contribution is 0.187. The Morgan fingerprint density at radius 3 is 2.16 bits per heavy atom. The van der Waals surface area contributed by atoms with Gasteiger partial charge in [0, 0.05) is 17.5 Å². The van der Waals surface area contributed by atoms with Gasteiger partial charge in [-0.05, 0) is 17.9 Å². The number of rotatable bonds is 0. The van der Waals surface area contributed by atoms with Gasteiger partial charge in [0.2, 0.25) is 0 Å². The van der Waals surface area contributed by atoms with Gasteiger partial charge in [-0.15, -0.1) is 0 Å². The van der Waals surface area contributed by atoms with Crippen molar-refractivity contribution in [2.45, 2.75) is 67.0 Å². The number of fused-ring (bicyclic) bond motifs is 1. The third kappa shape index (κ3) is 2.58. The van der Waals surface area contributed by atoms with Crippen LogP contribution < -0.4 is 0 Å². The van der Waals surface area contributed by atoms with E-state index in [1.54, 1.807) is 0 Å². The summed E-state index contributed by atoms with van der Waals surface area (Å²) < 4.78 is 0. The minimum atomic E-state index is -0.259. The number of hydrogen-bond acceptors (Lipinski definition) is 3. The van der Waals surface area contributed by atoms with E-state index in [9.17, 15) is 5.11 Å². The summed E-state index contributed by atoms with van der Waals surface area (Å²) in [7, 11) is 0. The molecule has 0 aromatic heterocycles. The lowest BCUT2D eigenvalue weighted by atomic mass is 9.79. The Hall–Kier alpha value is -0.830. The first-order valence-corrected chi connectivity index (χ1v) is 7.29. The summed E-state index contributed by atoms with van der Waals surface area (Å²) in [5.74, 6) is 1.12. The average Bonchev–Trinajstić information content (AvgIpc) is 2.53. The maximum atomic E-state index is 10.1. The molecule has 0 unspecified atom stereocenters. The van der Waals surface area contributed by atoms with E-state index in [0.717, 1.165) is 12.3 Å². The van der Waals surface area contributed by atoms with Crippen molar-refractivity contribution in [3.8, 4) is 0 Å². The van der Waals surface area contributed by atoms with Crippen LogP contribution in [-0.4, -0.2) is 34.5 Å². The fraction of sp³-hybridized carbons (Fsp3) is 0.812. The molecule has 2 atom stereocenters. The van der Waals surface area contributed by atoms with Crippen LogP contribution in [0.1, 0.15) is 54.9 Å². The van der Waals surface area contributed by atoms with Crippen molar-refractivity contribution >= 4 is 5.84 Å². The molecule has 2 aliphatic heterocycles. The lowest BCUT2D eigenvalue weighted by Gasteiger charge is -2.41. The van der Waals surface area contributed by atoms with Crippen LogP contribution in [-0.2, 0) is 0 Å². The first-order valence-electron chi connectivity index (χ1n) is 7.29. The molecule has 0 aromatic carbocycles. The summed E-state index contributed by atoms with van der Waals surface area (Å²) in [6.07, 6.45) is 0.511. The highest BCUT2D eigenvalue weighted by Crippen LogP contribution is 2.42. The highest BCUT2D eigenvalue weighted by molar-refractivity contribution is 5.90. The SMILES string of the molecule is C[C@@H]1N=C(C(C)(C)C)N2C[C@H](O)CC2=C1C(C)(C)C. The molecule has 1 saturated heterocycles. The van der Waals surface area contributed by atoms with E-state index in [4.69, 9.17) is 4.99 Å². The number of aliphatic hydroxyl groups excluding tert-OH is 1. The molecule has 0 saturated carbocycles. The van der Waals surface area contributed by atoms with E-state index in [-0.39, 0.29) is 23.0 Å². The molecule has 3 heteroatoms. The van der Waals surface area contributed by atoms with Gasteiger partial charge in [0.25, 0.3) is 0 Å². The Balaban J connectivity index is 2.52. The predicted molar refractivity (Wildman–Crippen MR) is 80.2 cm³/mol. The highest BCUT2D eigenvalue weighted by atomic mass is 16.3. The fourth-order valence-electron chi connectivity index (χ4n) is 3.41. The van der Waals surface area contributed by atoms with Gasteiger partial charge in [-0.1, -0.05) is 41.5 Å². The molecular formula is C16H28N2O. The van der Waals surface area contributed by atoms with Gasteiger partial charge in [-0.25, -0.2) is 0 Å². The van der Waals surface area contributed by atoms with E-state index in [1.165, 1.54) is 11.3 Å². The zero-order valence-corrected chi connectivity index (χ0v) is 13.4. The zero-order valence-electron chi connectivity index (χ0n) is 13.4. The molecule has 0 bridgehead atoms. The number of hydrogen-bond donors (Lipinski definition) is 1. The van der Waals surface area contributed by atoms with Crippen LogP contribution in [0.15, 0.2) is 16.3 Å². The van der Waals surface area contributed by atoms with Crippen LogP contribution in [0.2, 0.25) is 0 Å². The molecule has 0 amide bonds. The minimum absolute atomic E-state index is 0.0208. The third-order valence-corrected chi connectivity index (χ3v) is 3.93. The van der Waals surface area contributed by atoms with Crippen molar-refractivity contribution in [1.29, 1.82) is 0 Å². The number of aliphatic hydroxyl groups is 1. The second-order valence-electron chi connectivity index (χ2n) is 7.96. The molecule has 1 N–H and O–H groups in total. The summed E-state index contributed by atoms with van der Waals surface area (Å²) in [5, 5.41) is 10.1. The number of amidine groups is 1. The van der Waals surface area contributed by atoms with Crippen LogP contribution in [0.25, 0.3) is 0 Å². The smallest absolute Gasteiger partial charge is 0.109 e. The zero-order chi connectivity index (χ0) is 14.6. The van der Waals surface area contributed by atoms with E-state index >= 15 is 0 Å². The molecule has 108 valence electrons. The van der Waals surface area contributed by atoms with Crippen molar-refractivity contribution in [2.75, 3.05) is 6.54 Å². The van der Waals surface area contributed by atoms with Gasteiger partial charge in [-0.2, -0.15) is 0 Å². The molecule has 0 aromatic rings. The predicted octanol–water partition coefficient (Wildman–Crippen LogP) is 3.20. The van der Waals surface area contributed by atoms with E-state index in [2.05, 4.69) is 53.4 Å². The molecule has 0 radical (unpaired) electrons. The maximum absolute atomic E-state index is 10.1. The Labute approximate surface area is 117 Å². The molecule has 19 heavy (non-hydrogen) atoms. The minimum Gasteiger partial charge on any atom is -0.391 e. The first-order chi connectivity index (χ1) is 8.51. The van der Waals surface area contributed by atoms with Crippen molar-refractivity contribution in [1.82, 2.24) is 4.90 Å². The third-order valence-electron chi connectivity index (χ3n) is 3.93. The quantitative estimate of drug-likeness (QED) is 0.729. The largest absolute Gasteiger partial charge is 0.391 e. The van der Waals surface area contributed by atoms with E-state index in [1.807, 2.05) is 0 Å². The lowest BCUT2D eigenvalue weighted by Crippen LogP contribution is -2.43. The van der Waals surface area contributed by atoms with Gasteiger partial charge >= 0.3 is 0 Å². The van der Waals surface area contributed by atoms with Gasteiger partial charge in [-0.3, -0.25) is 4.99 Å². The van der Waals surface area contributed by atoms with Crippen LogP contribution in [0.3, 0.4) is 0 Å². The molecule has 0 aliphatic carbocycles. The monoisotopic (exact) mass is 264 g/mol. The van der Waals surface area contributed by atoms with E-state index < -0.39 is 0 Å². The van der Waals surface area contributed by atoms with E-state index in [0.29, 0.717) is 6.54 Å². The van der Waals surface area contributed by atoms with Crippen LogP contribution in [0.4, 0.5) is 0 Å². The molecule has 1 fully saturated rings. The van der Waals surface area contributed by atoms with Crippen molar-refractivity contribution in [3.05, 3.63) is 11.3 Å². The summed E-state index contributed by atoms with van der Waals surface area (Å²) in [6, 6.07) is 0.214. The molecule has 2 heterocycles. The number of nitrogens with zero attached hydrogens (tertiary/aromatic N) is 2. The highest BCUT2D eigenvalue weighted by Gasteiger charge is 2.41. The van der Waals surface area contributed by atoms with Crippen molar-refractivity contribution < 1.29 is 5.11 Å². The second kappa shape index (κ2) is 4.34. The van der Waals surface area contributed by atoms with Crippen molar-refractivity contribution in [2.24, 2.45) is 15.8 Å². The Kier molecular flexibility index (Phi) is 3.33. The molecule has 3 nitrogen and oxygen atoms in total. The van der Waals surface area contributed by atoms with Gasteiger partial charge in [0.05, 0.1) is 18.7 Å². The van der Waals surface area contributed by atoms with Gasteiger partial charge in [0.15, 0.2) is 0 Å². The normalized spacial score (nSPS) is 28.6. The summed E-state index contributed by atoms with van der Waals surface area (Å²) in [6.45, 7) is 16.2. The molecule has 2 aliphatic rings. The standard InChI is InChI=1S/C16H28N2O/c1-10-13(15(2,3)4)12-8-11(19)9-18(12)14(17-10)16(5,6)7/h10-11,19H,8-9H2,1-7H3/t10-,11+/m0/s1. The average molecular weight is 264 g/mol. The van der Waals surface area contributed by atoms with Crippen LogP contribution in [0, 0.1) is 10.8 Å². The van der Waals surface area contributed by atoms with Gasteiger partial charge in [0.1, 0.15) is 5.84 Å². The summed E-state index contributed by atoms with van der Waals surface area (Å²) >= 11 is 0. The number of aliphatic imine (C=N–C) groups is 1. The van der Waals surface area contributed by atoms with Gasteiger partial charge < -0.3 is 10.0 Å². The Morgan fingerprint density at radius 1 is 1.11 bits per heavy atom. The van der Waals surface area contributed by atoms with Crippen LogP contribution in [0.5, 0.6) is 0 Å². The Morgan fingerprint density at radius 2 is 1.68 bits per heavy atom. The second-order valence-corrected chi connectivity index (χ2v) is 7.96. The topological polar surface area (TPSA) is 35.8 Å².